The SMILES string of the molecule is O=C(/C=C/c1ccc(O)c(O)c1)OC1[C@H](OC(=O)/C=C/c2ccc(O)c(O)c2)CC(O)(C(=O)O)C[C@H]1OC(=O)/C=C/c1ccc(O)c(O)c1.O=C(O)C1(O)C[C@@H](O)C(O)[C@H](O)C1. The molecule has 4 atom stereocenters. The van der Waals surface area contributed by atoms with E-state index in [1.807, 2.05) is 0 Å². The van der Waals surface area contributed by atoms with Gasteiger partial charge in [-0.15, -0.1) is 0 Å². The topological polar surface area (TPSA) is 376 Å². The Hall–Kier alpha value is -7.17. The first-order valence-electron chi connectivity index (χ1n) is 18.2. The highest BCUT2D eigenvalue weighted by Gasteiger charge is 2.54. The van der Waals surface area contributed by atoms with Gasteiger partial charge in [-0.05, 0) is 71.3 Å². The summed E-state index contributed by atoms with van der Waals surface area (Å²) in [7, 11) is 0. The zero-order valence-electron chi connectivity index (χ0n) is 32.0. The third-order valence-electron chi connectivity index (χ3n) is 9.51. The molecule has 0 bridgehead atoms. The van der Waals surface area contributed by atoms with Gasteiger partial charge < -0.3 is 80.6 Å². The Morgan fingerprint density at radius 3 is 1.10 bits per heavy atom. The molecule has 62 heavy (non-hydrogen) atoms. The lowest BCUT2D eigenvalue weighted by atomic mass is 9.79. The summed E-state index contributed by atoms with van der Waals surface area (Å²) in [4.78, 5) is 61.3. The Morgan fingerprint density at radius 1 is 0.484 bits per heavy atom. The van der Waals surface area contributed by atoms with Crippen molar-refractivity contribution in [1.82, 2.24) is 0 Å². The summed E-state index contributed by atoms with van der Waals surface area (Å²) in [6.07, 6.45) is -5.59. The second-order valence-corrected chi connectivity index (χ2v) is 14.2. The van der Waals surface area contributed by atoms with Crippen molar-refractivity contribution in [2.45, 2.75) is 73.5 Å². The minimum atomic E-state index is -2.63. The van der Waals surface area contributed by atoms with Crippen molar-refractivity contribution in [2.75, 3.05) is 0 Å². The quantitative estimate of drug-likeness (QED) is 0.0536. The number of hydrogen-bond acceptors (Lipinski definition) is 19. The lowest BCUT2D eigenvalue weighted by Gasteiger charge is -2.41. The molecule has 2 aliphatic carbocycles. The highest BCUT2D eigenvalue weighted by Crippen LogP contribution is 2.36. The number of aliphatic hydroxyl groups excluding tert-OH is 3. The van der Waals surface area contributed by atoms with Gasteiger partial charge in [-0.2, -0.15) is 0 Å². The van der Waals surface area contributed by atoms with Gasteiger partial charge >= 0.3 is 29.8 Å². The van der Waals surface area contributed by atoms with Crippen LogP contribution in [0.1, 0.15) is 42.4 Å². The van der Waals surface area contributed by atoms with Crippen molar-refractivity contribution in [2.24, 2.45) is 0 Å². The summed E-state index contributed by atoms with van der Waals surface area (Å²) in [5, 5.41) is 124. The van der Waals surface area contributed by atoms with E-state index >= 15 is 0 Å². The molecule has 2 saturated carbocycles. The number of ether oxygens (including phenoxy) is 3. The molecule has 0 unspecified atom stereocenters. The number of phenolic OH excluding ortho intramolecular Hbond substituents is 6. The average molecular weight is 871 g/mol. The minimum absolute atomic E-state index is 0.256. The van der Waals surface area contributed by atoms with Crippen molar-refractivity contribution >= 4 is 48.1 Å². The zero-order chi connectivity index (χ0) is 46.1. The molecule has 0 heterocycles. The Balaban J connectivity index is 0.000000554. The Bertz CT molecular complexity index is 2150. The highest BCUT2D eigenvalue weighted by atomic mass is 16.6. The molecular weight excluding hydrogens is 828 g/mol. The molecule has 2 aliphatic rings. The number of esters is 3. The van der Waals surface area contributed by atoms with Crippen molar-refractivity contribution in [3.63, 3.8) is 0 Å². The number of aliphatic hydroxyl groups is 5. The van der Waals surface area contributed by atoms with Gasteiger partial charge in [0.05, 0.1) is 12.2 Å². The van der Waals surface area contributed by atoms with Crippen LogP contribution in [0.5, 0.6) is 34.5 Å². The van der Waals surface area contributed by atoms with Gasteiger partial charge in [0.15, 0.2) is 51.8 Å². The number of benzene rings is 3. The summed E-state index contributed by atoms with van der Waals surface area (Å²) in [6, 6.07) is 11.0. The first kappa shape index (κ1) is 47.5. The molecule has 0 aliphatic heterocycles. The first-order valence-corrected chi connectivity index (χ1v) is 18.2. The molecule has 332 valence electrons. The number of aliphatic carboxylic acids is 2. The van der Waals surface area contributed by atoms with Gasteiger partial charge in [-0.3, -0.25) is 0 Å². The van der Waals surface area contributed by atoms with Crippen LogP contribution in [0.3, 0.4) is 0 Å². The van der Waals surface area contributed by atoms with E-state index in [1.54, 1.807) is 0 Å². The van der Waals surface area contributed by atoms with Gasteiger partial charge in [-0.1, -0.05) is 18.2 Å². The Labute approximate surface area is 349 Å². The van der Waals surface area contributed by atoms with Crippen molar-refractivity contribution < 1.29 is 105 Å². The fourth-order valence-corrected chi connectivity index (χ4v) is 6.19. The van der Waals surface area contributed by atoms with Gasteiger partial charge in [0.2, 0.25) is 0 Å². The minimum Gasteiger partial charge on any atom is -0.504 e. The lowest BCUT2D eigenvalue weighted by molar-refractivity contribution is -0.211. The third kappa shape index (κ3) is 12.4. The van der Waals surface area contributed by atoms with Crippen molar-refractivity contribution in [1.29, 1.82) is 0 Å². The molecular formula is C41H42O21. The van der Waals surface area contributed by atoms with E-state index < -0.39 is 138 Å². The molecule has 0 amide bonds. The predicted octanol–water partition coefficient (Wildman–Crippen LogP) is 0.384. The number of hydrogen-bond donors (Lipinski definition) is 13. The highest BCUT2D eigenvalue weighted by molar-refractivity contribution is 5.89. The maximum absolute atomic E-state index is 12.9. The summed E-state index contributed by atoms with van der Waals surface area (Å²) in [6.45, 7) is 0. The fourth-order valence-electron chi connectivity index (χ4n) is 6.19. The molecule has 13 N–H and O–H groups in total. The van der Waals surface area contributed by atoms with Gasteiger partial charge in [0.25, 0.3) is 0 Å². The number of carboxylic acids is 2. The smallest absolute Gasteiger partial charge is 0.335 e. The predicted molar refractivity (Wildman–Crippen MR) is 208 cm³/mol. The van der Waals surface area contributed by atoms with E-state index in [9.17, 15) is 69.9 Å². The summed E-state index contributed by atoms with van der Waals surface area (Å²) in [5.41, 5.74) is -3.99. The molecule has 0 spiro atoms. The summed E-state index contributed by atoms with van der Waals surface area (Å²) >= 11 is 0. The molecule has 3 aromatic carbocycles. The molecule has 2 fully saturated rings. The molecule has 3 aromatic rings. The Morgan fingerprint density at radius 2 is 0.790 bits per heavy atom. The summed E-state index contributed by atoms with van der Waals surface area (Å²) < 4.78 is 16.3. The van der Waals surface area contributed by atoms with E-state index in [0.717, 1.165) is 48.6 Å². The first-order chi connectivity index (χ1) is 29.0. The number of carbonyl (C=O) groups excluding carboxylic acids is 3. The second kappa shape index (κ2) is 19.9. The molecule has 0 aromatic heterocycles. The van der Waals surface area contributed by atoms with Crippen LogP contribution < -0.4 is 0 Å². The zero-order valence-corrected chi connectivity index (χ0v) is 32.0. The van der Waals surface area contributed by atoms with Crippen molar-refractivity contribution in [3.8, 4) is 34.5 Å². The van der Waals surface area contributed by atoms with Crippen LogP contribution in [0, 0.1) is 0 Å². The average Bonchev–Trinajstić information content (AvgIpc) is 3.19. The molecule has 21 heteroatoms. The maximum Gasteiger partial charge on any atom is 0.335 e. The van der Waals surface area contributed by atoms with E-state index in [2.05, 4.69) is 0 Å². The monoisotopic (exact) mass is 870 g/mol. The van der Waals surface area contributed by atoms with Crippen LogP contribution in [0.15, 0.2) is 72.8 Å². The van der Waals surface area contributed by atoms with Crippen LogP contribution in [-0.2, 0) is 38.2 Å². The summed E-state index contributed by atoms with van der Waals surface area (Å²) in [5.74, 6) is -9.22. The van der Waals surface area contributed by atoms with Crippen LogP contribution in [-0.4, -0.2) is 144 Å². The number of carbonyl (C=O) groups is 5. The number of carboxylic acid groups (broad SMARTS) is 2. The number of phenols is 6. The van der Waals surface area contributed by atoms with E-state index in [0.29, 0.717) is 0 Å². The van der Waals surface area contributed by atoms with E-state index in [1.165, 1.54) is 42.5 Å². The van der Waals surface area contributed by atoms with E-state index in [4.69, 9.17) is 34.6 Å². The van der Waals surface area contributed by atoms with Crippen LogP contribution in [0.25, 0.3) is 18.2 Å². The normalized spacial score (nSPS) is 26.0. The van der Waals surface area contributed by atoms with Gasteiger partial charge in [0, 0.05) is 43.9 Å². The largest absolute Gasteiger partial charge is 0.504 e. The standard InChI is InChI=1S/C34H30O15.C7H12O6/c35-21-7-1-18(13-24(21)38)4-10-29(41)47-27-16-34(46,33(44)45)17-28(48-30(42)11-5-19-2-8-22(36)25(39)14-19)32(27)49-31(43)12-6-20-3-9-23(37)26(40)15-20;8-3-1-7(13,6(11)12)2-4(9)5(3)10/h1-15,27-28,32,35-40,46H,16-17H2,(H,44,45);3-5,8-10,13H,1-2H2,(H,11,12)/b10-4+,11-5+,12-6+;/t27-,28-,32?,34?;3-,4-,5?,7?/m11/s1. The van der Waals surface area contributed by atoms with Crippen molar-refractivity contribution in [3.05, 3.63) is 89.5 Å². The van der Waals surface area contributed by atoms with Crippen LogP contribution in [0.4, 0.5) is 0 Å². The number of rotatable bonds is 11. The molecule has 5 rings (SSSR count). The van der Waals surface area contributed by atoms with Gasteiger partial charge in [-0.25, -0.2) is 24.0 Å². The van der Waals surface area contributed by atoms with E-state index in [-0.39, 0.29) is 16.7 Å². The number of aromatic hydroxyl groups is 6. The van der Waals surface area contributed by atoms with Crippen LogP contribution in [0.2, 0.25) is 0 Å². The second-order valence-electron chi connectivity index (χ2n) is 14.2. The third-order valence-corrected chi connectivity index (χ3v) is 9.51. The Kier molecular flexibility index (Phi) is 15.3. The maximum atomic E-state index is 12.9. The lowest BCUT2D eigenvalue weighted by Crippen LogP contribution is -2.59. The fraction of sp³-hybridized carbons (Fsp3) is 0.293. The van der Waals surface area contributed by atoms with Gasteiger partial charge in [0.1, 0.15) is 18.3 Å². The molecule has 21 nitrogen and oxygen atoms in total. The molecule has 0 radical (unpaired) electrons. The molecule has 0 saturated heterocycles. The van der Waals surface area contributed by atoms with Crippen LogP contribution >= 0.6 is 0 Å².